The van der Waals surface area contributed by atoms with Gasteiger partial charge in [0, 0.05) is 24.3 Å². The van der Waals surface area contributed by atoms with Gasteiger partial charge in [0.2, 0.25) is 0 Å². The summed E-state index contributed by atoms with van der Waals surface area (Å²) in [6, 6.07) is 4.03. The van der Waals surface area contributed by atoms with E-state index in [0.717, 1.165) is 19.4 Å². The average molecular weight is 238 g/mol. The third-order valence-corrected chi connectivity index (χ3v) is 3.85. The largest absolute Gasteiger partial charge is 0.378 e. The number of ketones is 1. The van der Waals surface area contributed by atoms with Crippen LogP contribution >= 0.6 is 11.3 Å². The molecule has 1 atom stereocenters. The van der Waals surface area contributed by atoms with E-state index in [1.807, 2.05) is 17.5 Å². The first kappa shape index (κ1) is 11.8. The van der Waals surface area contributed by atoms with Gasteiger partial charge in [0.05, 0.1) is 6.10 Å². The van der Waals surface area contributed by atoms with Gasteiger partial charge in [0.1, 0.15) is 5.78 Å². The van der Waals surface area contributed by atoms with Gasteiger partial charge in [-0.05, 0) is 37.1 Å². The van der Waals surface area contributed by atoms with Crippen molar-refractivity contribution in [2.45, 2.75) is 44.6 Å². The second-order valence-corrected chi connectivity index (χ2v) is 5.35. The second kappa shape index (κ2) is 6.16. The van der Waals surface area contributed by atoms with Gasteiger partial charge in [0.25, 0.3) is 0 Å². The summed E-state index contributed by atoms with van der Waals surface area (Å²) in [5.74, 6) is 0.344. The van der Waals surface area contributed by atoms with Gasteiger partial charge in [0.15, 0.2) is 0 Å². The van der Waals surface area contributed by atoms with Crippen molar-refractivity contribution in [1.29, 1.82) is 0 Å². The number of thiophene rings is 1. The molecule has 2 heterocycles. The first-order chi connectivity index (χ1) is 7.84. The zero-order valence-electron chi connectivity index (χ0n) is 9.48. The number of hydrogen-bond acceptors (Lipinski definition) is 3. The maximum Gasteiger partial charge on any atom is 0.138 e. The molecule has 1 aliphatic heterocycles. The number of hydrogen-bond donors (Lipinski definition) is 0. The fraction of sp³-hybridized carbons (Fsp3) is 0.615. The van der Waals surface area contributed by atoms with Gasteiger partial charge in [-0.1, -0.05) is 6.07 Å². The van der Waals surface area contributed by atoms with Crippen LogP contribution in [0.1, 0.15) is 37.0 Å². The minimum atomic E-state index is 0.334. The molecule has 16 heavy (non-hydrogen) atoms. The van der Waals surface area contributed by atoms with E-state index in [0.29, 0.717) is 24.7 Å². The van der Waals surface area contributed by atoms with E-state index in [1.165, 1.54) is 17.7 Å². The van der Waals surface area contributed by atoms with E-state index in [2.05, 4.69) is 0 Å². The van der Waals surface area contributed by atoms with Gasteiger partial charge < -0.3 is 4.74 Å². The molecule has 0 bridgehead atoms. The molecule has 1 saturated heterocycles. The molecule has 2 rings (SSSR count). The monoisotopic (exact) mass is 238 g/mol. The first-order valence-corrected chi connectivity index (χ1v) is 6.88. The van der Waals surface area contributed by atoms with Gasteiger partial charge in [-0.25, -0.2) is 0 Å². The van der Waals surface area contributed by atoms with Crippen molar-refractivity contribution in [3.63, 3.8) is 0 Å². The van der Waals surface area contributed by atoms with Crippen molar-refractivity contribution < 1.29 is 9.53 Å². The Balaban J connectivity index is 1.67. The van der Waals surface area contributed by atoms with Gasteiger partial charge in [-0.15, -0.1) is 11.3 Å². The molecule has 0 radical (unpaired) electrons. The van der Waals surface area contributed by atoms with Crippen LogP contribution in [0, 0.1) is 0 Å². The zero-order valence-corrected chi connectivity index (χ0v) is 10.3. The summed E-state index contributed by atoms with van der Waals surface area (Å²) in [4.78, 5) is 12.9. The number of Topliss-reactive ketones (excluding diaryl/α,β-unsaturated/α-hetero) is 1. The van der Waals surface area contributed by atoms with Crippen molar-refractivity contribution >= 4 is 17.1 Å². The van der Waals surface area contributed by atoms with Crippen LogP contribution in [0.25, 0.3) is 0 Å². The van der Waals surface area contributed by atoms with Crippen LogP contribution in [0.15, 0.2) is 17.5 Å². The normalized spacial score (nSPS) is 20.9. The van der Waals surface area contributed by atoms with E-state index >= 15 is 0 Å². The Labute approximate surface area is 101 Å². The van der Waals surface area contributed by atoms with Crippen LogP contribution in [-0.4, -0.2) is 18.5 Å². The average Bonchev–Trinajstić information content (AvgIpc) is 2.81. The lowest BCUT2D eigenvalue weighted by atomic mass is 10.0. The molecule has 0 spiro atoms. The standard InChI is InChI=1S/C13H18O2S/c14-11(10-13-5-3-9-16-13)6-7-12-4-1-2-8-15-12/h3,5,9,12H,1-2,4,6-8,10H2. The lowest BCUT2D eigenvalue weighted by Crippen LogP contribution is -2.20. The first-order valence-electron chi connectivity index (χ1n) is 6.00. The van der Waals surface area contributed by atoms with Gasteiger partial charge >= 0.3 is 0 Å². The maximum absolute atomic E-state index is 11.7. The molecule has 1 fully saturated rings. The fourth-order valence-electron chi connectivity index (χ4n) is 2.05. The molecule has 0 aliphatic carbocycles. The van der Waals surface area contributed by atoms with Gasteiger partial charge in [-0.2, -0.15) is 0 Å². The van der Waals surface area contributed by atoms with Crippen LogP contribution < -0.4 is 0 Å². The molecule has 1 aromatic rings. The third kappa shape index (κ3) is 3.72. The molecule has 2 nitrogen and oxygen atoms in total. The Morgan fingerprint density at radius 3 is 3.12 bits per heavy atom. The van der Waals surface area contributed by atoms with Crippen LogP contribution in [0.5, 0.6) is 0 Å². The SMILES string of the molecule is O=C(CCC1CCCCO1)Cc1cccs1. The second-order valence-electron chi connectivity index (χ2n) is 4.32. The summed E-state index contributed by atoms with van der Waals surface area (Å²) >= 11 is 1.66. The molecular weight excluding hydrogens is 220 g/mol. The molecule has 0 N–H and O–H groups in total. The Kier molecular flexibility index (Phi) is 4.55. The van der Waals surface area contributed by atoms with Crippen molar-refractivity contribution in [3.05, 3.63) is 22.4 Å². The van der Waals surface area contributed by atoms with Crippen molar-refractivity contribution in [2.24, 2.45) is 0 Å². The Bertz CT molecular complexity index is 313. The van der Waals surface area contributed by atoms with Crippen molar-refractivity contribution in [1.82, 2.24) is 0 Å². The fourth-order valence-corrected chi connectivity index (χ4v) is 2.79. The molecule has 0 amide bonds. The van der Waals surface area contributed by atoms with E-state index in [1.54, 1.807) is 11.3 Å². The van der Waals surface area contributed by atoms with E-state index in [9.17, 15) is 4.79 Å². The van der Waals surface area contributed by atoms with Crippen molar-refractivity contribution in [2.75, 3.05) is 6.61 Å². The number of ether oxygens (including phenoxy) is 1. The maximum atomic E-state index is 11.7. The van der Waals surface area contributed by atoms with Crippen LogP contribution in [-0.2, 0) is 16.0 Å². The summed E-state index contributed by atoms with van der Waals surface area (Å²) < 4.78 is 5.61. The zero-order chi connectivity index (χ0) is 11.2. The quantitative estimate of drug-likeness (QED) is 0.787. The molecule has 1 aliphatic rings. The minimum absolute atomic E-state index is 0.334. The highest BCUT2D eigenvalue weighted by Crippen LogP contribution is 2.18. The topological polar surface area (TPSA) is 26.3 Å². The molecule has 0 aromatic carbocycles. The molecule has 0 saturated carbocycles. The van der Waals surface area contributed by atoms with Crippen LogP contribution in [0.3, 0.4) is 0 Å². The molecule has 88 valence electrons. The predicted molar refractivity (Wildman–Crippen MR) is 65.9 cm³/mol. The summed E-state index contributed by atoms with van der Waals surface area (Å²) in [5.41, 5.74) is 0. The summed E-state index contributed by atoms with van der Waals surface area (Å²) in [6.45, 7) is 0.879. The summed E-state index contributed by atoms with van der Waals surface area (Å²) in [6.07, 6.45) is 6.08. The summed E-state index contributed by atoms with van der Waals surface area (Å²) in [5, 5.41) is 2.02. The third-order valence-electron chi connectivity index (χ3n) is 2.97. The highest BCUT2D eigenvalue weighted by molar-refractivity contribution is 7.10. The number of carbonyl (C=O) groups excluding carboxylic acids is 1. The van der Waals surface area contributed by atoms with E-state index < -0.39 is 0 Å². The number of rotatable bonds is 5. The predicted octanol–water partition coefficient (Wildman–Crippen LogP) is 3.21. The van der Waals surface area contributed by atoms with E-state index in [4.69, 9.17) is 4.74 Å². The lowest BCUT2D eigenvalue weighted by molar-refractivity contribution is -0.119. The summed E-state index contributed by atoms with van der Waals surface area (Å²) in [7, 11) is 0. The Morgan fingerprint density at radius 1 is 1.50 bits per heavy atom. The minimum Gasteiger partial charge on any atom is -0.378 e. The lowest BCUT2D eigenvalue weighted by Gasteiger charge is -2.22. The molecule has 1 unspecified atom stereocenters. The Hall–Kier alpha value is -0.670. The highest BCUT2D eigenvalue weighted by atomic mass is 32.1. The van der Waals surface area contributed by atoms with E-state index in [-0.39, 0.29) is 0 Å². The molecular formula is C13H18O2S. The van der Waals surface area contributed by atoms with Crippen LogP contribution in [0.4, 0.5) is 0 Å². The van der Waals surface area contributed by atoms with Crippen molar-refractivity contribution in [3.8, 4) is 0 Å². The number of carbonyl (C=O) groups is 1. The molecule has 3 heteroatoms. The van der Waals surface area contributed by atoms with Gasteiger partial charge in [-0.3, -0.25) is 4.79 Å². The molecule has 1 aromatic heterocycles. The smallest absolute Gasteiger partial charge is 0.138 e. The van der Waals surface area contributed by atoms with Crippen LogP contribution in [0.2, 0.25) is 0 Å². The highest BCUT2D eigenvalue weighted by Gasteiger charge is 2.15. The Morgan fingerprint density at radius 2 is 2.44 bits per heavy atom.